The molecule has 0 aromatic heterocycles. The van der Waals surface area contributed by atoms with Crippen LogP contribution in [0.15, 0.2) is 54.6 Å². The largest absolute Gasteiger partial charge is 0.385 e. The molecule has 2 rings (SSSR count). The van der Waals surface area contributed by atoms with Gasteiger partial charge < -0.3 is 15.4 Å². The average molecular weight is 375 g/mol. The van der Waals surface area contributed by atoms with Gasteiger partial charge in [0, 0.05) is 20.3 Å². The number of halogens is 1. The highest BCUT2D eigenvalue weighted by Crippen LogP contribution is 2.20. The number of hydrogen-bond donors (Lipinski definition) is 2. The van der Waals surface area contributed by atoms with Crippen LogP contribution in [-0.2, 0) is 9.53 Å². The summed E-state index contributed by atoms with van der Waals surface area (Å²) in [6.45, 7) is 1.12. The third kappa shape index (κ3) is 6.17. The number of carbonyl (C=O) groups is 2. The minimum atomic E-state index is -0.442. The first-order valence-electron chi connectivity index (χ1n) is 8.47. The Balaban J connectivity index is 2.06. The summed E-state index contributed by atoms with van der Waals surface area (Å²) in [4.78, 5) is 24.8. The van der Waals surface area contributed by atoms with Crippen molar-refractivity contribution in [2.24, 2.45) is 0 Å². The normalized spacial score (nSPS) is 11.6. The van der Waals surface area contributed by atoms with Crippen molar-refractivity contribution >= 4 is 23.4 Å². The molecule has 0 heterocycles. The topological polar surface area (TPSA) is 67.4 Å². The lowest BCUT2D eigenvalue weighted by Crippen LogP contribution is -2.34. The van der Waals surface area contributed by atoms with Gasteiger partial charge in [-0.05, 0) is 24.1 Å². The van der Waals surface area contributed by atoms with Gasteiger partial charge in [0.05, 0.1) is 23.0 Å². The summed E-state index contributed by atoms with van der Waals surface area (Å²) in [6, 6.07) is 15.8. The number of nitrogens with one attached hydrogen (secondary N) is 2. The van der Waals surface area contributed by atoms with Gasteiger partial charge in [0.1, 0.15) is 0 Å². The second-order valence-corrected chi connectivity index (χ2v) is 6.22. The number of hydrogen-bond acceptors (Lipinski definition) is 3. The van der Waals surface area contributed by atoms with Gasteiger partial charge in [-0.3, -0.25) is 9.59 Å². The van der Waals surface area contributed by atoms with E-state index in [2.05, 4.69) is 10.6 Å². The molecule has 0 aliphatic heterocycles. The molecule has 138 valence electrons. The predicted molar refractivity (Wildman–Crippen MR) is 102 cm³/mol. The molecule has 0 aliphatic carbocycles. The van der Waals surface area contributed by atoms with Gasteiger partial charge in [-0.15, -0.1) is 0 Å². The van der Waals surface area contributed by atoms with Gasteiger partial charge >= 0.3 is 0 Å². The highest BCUT2D eigenvalue weighted by molar-refractivity contribution is 6.33. The summed E-state index contributed by atoms with van der Waals surface area (Å²) in [6.07, 6.45) is 0.886. The van der Waals surface area contributed by atoms with E-state index in [1.165, 1.54) is 0 Å². The van der Waals surface area contributed by atoms with Gasteiger partial charge in [-0.25, -0.2) is 0 Å². The second-order valence-electron chi connectivity index (χ2n) is 5.82. The summed E-state index contributed by atoms with van der Waals surface area (Å²) in [5.41, 5.74) is 1.25. The number of methoxy groups -OCH3 is 1. The maximum absolute atomic E-state index is 12.6. The van der Waals surface area contributed by atoms with E-state index in [0.717, 1.165) is 12.0 Å². The standard InChI is InChI=1S/C20H23ClN2O3/c1-26-13-7-12-22-19(24)14-18(15-8-3-2-4-9-15)23-20(25)16-10-5-6-11-17(16)21/h2-6,8-11,18H,7,12-14H2,1H3,(H,22,24)(H,23,25)/t18-/m0/s1. The fourth-order valence-electron chi connectivity index (χ4n) is 2.52. The zero-order valence-corrected chi connectivity index (χ0v) is 15.5. The van der Waals surface area contributed by atoms with E-state index in [-0.39, 0.29) is 18.2 Å². The highest BCUT2D eigenvalue weighted by atomic mass is 35.5. The fraction of sp³-hybridized carbons (Fsp3) is 0.300. The van der Waals surface area contributed by atoms with Crippen LogP contribution in [0.4, 0.5) is 0 Å². The SMILES string of the molecule is COCCCNC(=O)C[C@H](NC(=O)c1ccccc1Cl)c1ccccc1. The van der Waals surface area contributed by atoms with Gasteiger partial charge in [0.15, 0.2) is 0 Å². The molecular weight excluding hydrogens is 352 g/mol. The van der Waals surface area contributed by atoms with Crippen molar-refractivity contribution in [1.82, 2.24) is 10.6 Å². The van der Waals surface area contributed by atoms with Crippen LogP contribution in [-0.4, -0.2) is 32.1 Å². The summed E-state index contributed by atoms with van der Waals surface area (Å²) < 4.78 is 4.97. The average Bonchev–Trinajstić information content (AvgIpc) is 2.65. The zero-order valence-electron chi connectivity index (χ0n) is 14.7. The number of benzene rings is 2. The smallest absolute Gasteiger partial charge is 0.253 e. The highest BCUT2D eigenvalue weighted by Gasteiger charge is 2.20. The molecule has 0 spiro atoms. The van der Waals surface area contributed by atoms with E-state index in [9.17, 15) is 9.59 Å². The van der Waals surface area contributed by atoms with E-state index in [0.29, 0.717) is 23.7 Å². The first-order valence-corrected chi connectivity index (χ1v) is 8.85. The molecule has 0 fully saturated rings. The molecule has 2 N–H and O–H groups in total. The number of carbonyl (C=O) groups excluding carboxylic acids is 2. The van der Waals surface area contributed by atoms with Crippen LogP contribution in [0.25, 0.3) is 0 Å². The predicted octanol–water partition coefficient (Wildman–Crippen LogP) is 3.35. The molecule has 0 aliphatic rings. The lowest BCUT2D eigenvalue weighted by molar-refractivity contribution is -0.121. The Morgan fingerprint density at radius 3 is 2.46 bits per heavy atom. The van der Waals surface area contributed by atoms with Crippen LogP contribution in [0, 0.1) is 0 Å². The second kappa shape index (κ2) is 10.6. The van der Waals surface area contributed by atoms with Gasteiger partial charge in [0.25, 0.3) is 5.91 Å². The monoisotopic (exact) mass is 374 g/mol. The van der Waals surface area contributed by atoms with Crippen molar-refractivity contribution in [3.8, 4) is 0 Å². The molecule has 1 atom stereocenters. The third-order valence-corrected chi connectivity index (χ3v) is 4.19. The maximum Gasteiger partial charge on any atom is 0.253 e. The number of amides is 2. The fourth-order valence-corrected chi connectivity index (χ4v) is 2.74. The lowest BCUT2D eigenvalue weighted by Gasteiger charge is -2.19. The zero-order chi connectivity index (χ0) is 18.8. The first kappa shape index (κ1) is 19.9. The van der Waals surface area contributed by atoms with Crippen LogP contribution in [0.1, 0.15) is 34.8 Å². The van der Waals surface area contributed by atoms with Crippen molar-refractivity contribution in [2.45, 2.75) is 18.9 Å². The minimum Gasteiger partial charge on any atom is -0.385 e. The number of rotatable bonds is 9. The van der Waals surface area contributed by atoms with E-state index in [1.54, 1.807) is 31.4 Å². The molecular formula is C20H23ClN2O3. The Labute approximate surface area is 158 Å². The third-order valence-electron chi connectivity index (χ3n) is 3.86. The Morgan fingerprint density at radius 2 is 1.77 bits per heavy atom. The number of ether oxygens (including phenoxy) is 1. The van der Waals surface area contributed by atoms with Gasteiger partial charge in [-0.2, -0.15) is 0 Å². The molecule has 0 bridgehead atoms. The van der Waals surface area contributed by atoms with E-state index in [1.807, 2.05) is 30.3 Å². The van der Waals surface area contributed by atoms with Crippen molar-refractivity contribution < 1.29 is 14.3 Å². The quantitative estimate of drug-likeness (QED) is 0.661. The van der Waals surface area contributed by atoms with Crippen LogP contribution >= 0.6 is 11.6 Å². The molecule has 2 aromatic carbocycles. The molecule has 0 saturated heterocycles. The van der Waals surface area contributed by atoms with E-state index < -0.39 is 6.04 Å². The van der Waals surface area contributed by atoms with Crippen molar-refractivity contribution in [3.63, 3.8) is 0 Å². The van der Waals surface area contributed by atoms with E-state index in [4.69, 9.17) is 16.3 Å². The Morgan fingerprint density at radius 1 is 1.08 bits per heavy atom. The molecule has 0 saturated carbocycles. The Bertz CT molecular complexity index is 722. The first-order chi connectivity index (χ1) is 12.6. The van der Waals surface area contributed by atoms with Crippen LogP contribution in [0.5, 0.6) is 0 Å². The maximum atomic E-state index is 12.6. The molecule has 2 aromatic rings. The van der Waals surface area contributed by atoms with Crippen LogP contribution in [0.2, 0.25) is 5.02 Å². The molecule has 0 radical (unpaired) electrons. The van der Waals surface area contributed by atoms with Gasteiger partial charge in [-0.1, -0.05) is 54.1 Å². The molecule has 26 heavy (non-hydrogen) atoms. The Kier molecular flexibility index (Phi) is 8.12. The molecule has 2 amide bonds. The minimum absolute atomic E-state index is 0.130. The van der Waals surface area contributed by atoms with E-state index >= 15 is 0 Å². The Hall–Kier alpha value is -2.37. The summed E-state index contributed by atoms with van der Waals surface area (Å²) in [5, 5.41) is 6.14. The summed E-state index contributed by atoms with van der Waals surface area (Å²) in [7, 11) is 1.62. The molecule has 5 nitrogen and oxygen atoms in total. The summed E-state index contributed by atoms with van der Waals surface area (Å²) >= 11 is 6.10. The van der Waals surface area contributed by atoms with Crippen molar-refractivity contribution in [3.05, 3.63) is 70.7 Å². The van der Waals surface area contributed by atoms with Crippen LogP contribution in [0.3, 0.4) is 0 Å². The lowest BCUT2D eigenvalue weighted by atomic mass is 10.0. The van der Waals surface area contributed by atoms with Crippen molar-refractivity contribution in [2.75, 3.05) is 20.3 Å². The van der Waals surface area contributed by atoms with Gasteiger partial charge in [0.2, 0.25) is 5.91 Å². The molecule has 6 heteroatoms. The summed E-state index contributed by atoms with van der Waals surface area (Å²) in [5.74, 6) is -0.439. The van der Waals surface area contributed by atoms with Crippen molar-refractivity contribution in [1.29, 1.82) is 0 Å². The van der Waals surface area contributed by atoms with Crippen LogP contribution < -0.4 is 10.6 Å². The molecule has 0 unspecified atom stereocenters.